The molecule has 0 fully saturated rings. The van der Waals surface area contributed by atoms with Gasteiger partial charge in [-0.05, 0) is 31.7 Å². The number of hydrogen-bond donors (Lipinski definition) is 1. The van der Waals surface area contributed by atoms with Crippen LogP contribution >= 0.6 is 11.3 Å². The van der Waals surface area contributed by atoms with Gasteiger partial charge in [-0.1, -0.05) is 0 Å². The Labute approximate surface area is 112 Å². The summed E-state index contributed by atoms with van der Waals surface area (Å²) < 4.78 is 0. The molecule has 0 saturated heterocycles. The molecule has 0 aromatic carbocycles. The highest BCUT2D eigenvalue weighted by Crippen LogP contribution is 2.12. The monoisotopic (exact) mass is 262 g/mol. The van der Waals surface area contributed by atoms with Gasteiger partial charge in [-0.25, -0.2) is 9.97 Å². The van der Waals surface area contributed by atoms with Gasteiger partial charge < -0.3 is 5.32 Å². The lowest BCUT2D eigenvalue weighted by Crippen LogP contribution is -2.17. The molecule has 0 saturated carbocycles. The smallest absolute Gasteiger partial charge is 0.125 e. The van der Waals surface area contributed by atoms with E-state index >= 15 is 0 Å². The van der Waals surface area contributed by atoms with E-state index in [0.29, 0.717) is 0 Å². The molecular weight excluding hydrogens is 244 g/mol. The number of aromatic nitrogens is 2. The van der Waals surface area contributed by atoms with Crippen LogP contribution < -0.4 is 5.32 Å². The number of pyridine rings is 1. The van der Waals surface area contributed by atoms with Crippen LogP contribution in [0.4, 0.5) is 5.82 Å². The predicted molar refractivity (Wildman–Crippen MR) is 75.8 cm³/mol. The van der Waals surface area contributed by atoms with Gasteiger partial charge in [0.05, 0.1) is 10.7 Å². The number of aryl methyl sites for hydroxylation is 1. The molecule has 2 aromatic rings. The van der Waals surface area contributed by atoms with Crippen molar-refractivity contribution in [2.75, 3.05) is 19.4 Å². The molecule has 0 atom stereocenters. The molecule has 0 spiro atoms. The number of thiazole rings is 1. The molecule has 2 aromatic heterocycles. The van der Waals surface area contributed by atoms with Crippen molar-refractivity contribution in [1.29, 1.82) is 0 Å². The van der Waals surface area contributed by atoms with Gasteiger partial charge in [0, 0.05) is 31.7 Å². The highest BCUT2D eigenvalue weighted by molar-refractivity contribution is 7.09. The largest absolute Gasteiger partial charge is 0.373 e. The first-order valence-electron chi connectivity index (χ1n) is 5.89. The minimum Gasteiger partial charge on any atom is -0.373 e. The number of hydrogen-bond acceptors (Lipinski definition) is 5. The lowest BCUT2D eigenvalue weighted by molar-refractivity contribution is 0.315. The molecule has 5 heteroatoms. The van der Waals surface area contributed by atoms with E-state index in [-0.39, 0.29) is 0 Å². The SMILES string of the molecule is CNc1cc(CN(C)Cc2csc(C)n2)ccn1. The summed E-state index contributed by atoms with van der Waals surface area (Å²) in [6.07, 6.45) is 1.84. The Kier molecular flexibility index (Phi) is 4.28. The van der Waals surface area contributed by atoms with Gasteiger partial charge in [-0.3, -0.25) is 4.90 Å². The number of anilines is 1. The van der Waals surface area contributed by atoms with Crippen molar-refractivity contribution < 1.29 is 0 Å². The van der Waals surface area contributed by atoms with Gasteiger partial charge in [-0.2, -0.15) is 0 Å². The lowest BCUT2D eigenvalue weighted by Gasteiger charge is -2.15. The van der Waals surface area contributed by atoms with Gasteiger partial charge >= 0.3 is 0 Å². The second-order valence-corrected chi connectivity index (χ2v) is 5.39. The Morgan fingerprint density at radius 1 is 1.39 bits per heavy atom. The Morgan fingerprint density at radius 2 is 2.22 bits per heavy atom. The zero-order valence-electron chi connectivity index (χ0n) is 11.0. The molecule has 0 aliphatic carbocycles. The van der Waals surface area contributed by atoms with Crippen molar-refractivity contribution in [3.63, 3.8) is 0 Å². The Morgan fingerprint density at radius 3 is 2.89 bits per heavy atom. The Bertz CT molecular complexity index is 509. The zero-order valence-corrected chi connectivity index (χ0v) is 11.8. The molecule has 18 heavy (non-hydrogen) atoms. The molecule has 0 aliphatic heterocycles. The van der Waals surface area contributed by atoms with E-state index < -0.39 is 0 Å². The molecule has 1 N–H and O–H groups in total. The maximum absolute atomic E-state index is 4.48. The lowest BCUT2D eigenvalue weighted by atomic mass is 10.2. The van der Waals surface area contributed by atoms with Crippen LogP contribution in [0.3, 0.4) is 0 Å². The minimum atomic E-state index is 0.877. The number of nitrogens with zero attached hydrogens (tertiary/aromatic N) is 3. The van der Waals surface area contributed by atoms with Crippen LogP contribution in [0.5, 0.6) is 0 Å². The van der Waals surface area contributed by atoms with Crippen LogP contribution in [0.2, 0.25) is 0 Å². The third-order valence-corrected chi connectivity index (χ3v) is 3.45. The third kappa shape index (κ3) is 3.51. The van der Waals surface area contributed by atoms with E-state index in [9.17, 15) is 0 Å². The van der Waals surface area contributed by atoms with Crippen LogP contribution in [-0.2, 0) is 13.1 Å². The van der Waals surface area contributed by atoms with Gasteiger partial charge in [0.2, 0.25) is 0 Å². The molecule has 0 aliphatic rings. The van der Waals surface area contributed by atoms with Gasteiger partial charge in [0.25, 0.3) is 0 Å². The molecule has 96 valence electrons. The first-order valence-corrected chi connectivity index (χ1v) is 6.77. The summed E-state index contributed by atoms with van der Waals surface area (Å²) in [6, 6.07) is 4.12. The molecule has 2 heterocycles. The second-order valence-electron chi connectivity index (χ2n) is 4.33. The van der Waals surface area contributed by atoms with Crippen molar-refractivity contribution in [2.24, 2.45) is 0 Å². The van der Waals surface area contributed by atoms with E-state index in [1.54, 1.807) is 11.3 Å². The summed E-state index contributed by atoms with van der Waals surface area (Å²) in [5.41, 5.74) is 2.40. The predicted octanol–water partition coefficient (Wildman–Crippen LogP) is 2.52. The maximum atomic E-state index is 4.48. The molecule has 0 bridgehead atoms. The van der Waals surface area contributed by atoms with Crippen LogP contribution in [0.15, 0.2) is 23.7 Å². The Hall–Kier alpha value is -1.46. The van der Waals surface area contributed by atoms with E-state index in [1.165, 1.54) is 5.56 Å². The topological polar surface area (TPSA) is 41.0 Å². The quantitative estimate of drug-likeness (QED) is 0.899. The van der Waals surface area contributed by atoms with E-state index in [1.807, 2.05) is 26.2 Å². The summed E-state index contributed by atoms with van der Waals surface area (Å²) in [5.74, 6) is 0.908. The summed E-state index contributed by atoms with van der Waals surface area (Å²) in [7, 11) is 3.99. The molecule has 4 nitrogen and oxygen atoms in total. The van der Waals surface area contributed by atoms with Gasteiger partial charge in [0.1, 0.15) is 5.82 Å². The van der Waals surface area contributed by atoms with Crippen molar-refractivity contribution in [2.45, 2.75) is 20.0 Å². The van der Waals surface area contributed by atoms with Crippen LogP contribution in [0.25, 0.3) is 0 Å². The fraction of sp³-hybridized carbons (Fsp3) is 0.385. The summed E-state index contributed by atoms with van der Waals surface area (Å²) in [4.78, 5) is 10.9. The zero-order chi connectivity index (χ0) is 13.0. The first-order chi connectivity index (χ1) is 8.67. The number of rotatable bonds is 5. The second kappa shape index (κ2) is 5.93. The average Bonchev–Trinajstić information content (AvgIpc) is 2.74. The highest BCUT2D eigenvalue weighted by Gasteiger charge is 2.05. The number of nitrogens with one attached hydrogen (secondary N) is 1. The maximum Gasteiger partial charge on any atom is 0.125 e. The van der Waals surface area contributed by atoms with E-state index in [4.69, 9.17) is 0 Å². The van der Waals surface area contributed by atoms with Gasteiger partial charge in [-0.15, -0.1) is 11.3 Å². The van der Waals surface area contributed by atoms with Crippen LogP contribution in [0, 0.1) is 6.92 Å². The van der Waals surface area contributed by atoms with E-state index in [0.717, 1.165) is 29.6 Å². The summed E-state index contributed by atoms with van der Waals surface area (Å²) in [6.45, 7) is 3.81. The van der Waals surface area contributed by atoms with Crippen LogP contribution in [0.1, 0.15) is 16.3 Å². The molecule has 2 rings (SSSR count). The normalized spacial score (nSPS) is 10.9. The van der Waals surface area contributed by atoms with E-state index in [2.05, 4.69) is 38.7 Å². The molecule has 0 amide bonds. The first kappa shape index (κ1) is 13.0. The molecule has 0 radical (unpaired) electrons. The fourth-order valence-corrected chi connectivity index (χ4v) is 2.44. The standard InChI is InChI=1S/C13H18N4S/c1-10-16-12(9-18-10)8-17(3)7-11-4-5-15-13(6-11)14-2/h4-6,9H,7-8H2,1-3H3,(H,14,15). The summed E-state index contributed by atoms with van der Waals surface area (Å²) >= 11 is 1.70. The van der Waals surface area contributed by atoms with Crippen LogP contribution in [-0.4, -0.2) is 29.0 Å². The van der Waals surface area contributed by atoms with Crippen molar-refractivity contribution in [3.8, 4) is 0 Å². The minimum absolute atomic E-state index is 0.877. The van der Waals surface area contributed by atoms with Crippen molar-refractivity contribution in [1.82, 2.24) is 14.9 Å². The third-order valence-electron chi connectivity index (χ3n) is 2.63. The highest BCUT2D eigenvalue weighted by atomic mass is 32.1. The van der Waals surface area contributed by atoms with Gasteiger partial charge in [0.15, 0.2) is 0 Å². The molecule has 0 unspecified atom stereocenters. The van der Waals surface area contributed by atoms with Crippen molar-refractivity contribution in [3.05, 3.63) is 40.0 Å². The average molecular weight is 262 g/mol. The summed E-state index contributed by atoms with van der Waals surface area (Å²) in [5, 5.41) is 6.30. The fourth-order valence-electron chi connectivity index (χ4n) is 1.83. The molecular formula is C13H18N4S. The van der Waals surface area contributed by atoms with Crippen molar-refractivity contribution >= 4 is 17.2 Å². The Balaban J connectivity index is 1.96.